The number of hydrogen-bond acceptors (Lipinski definition) is 7. The number of nitrogens with zero attached hydrogens (tertiary/aromatic N) is 3. The van der Waals surface area contributed by atoms with E-state index >= 15 is 0 Å². The number of nitrogens with one attached hydrogen (secondary N) is 1. The summed E-state index contributed by atoms with van der Waals surface area (Å²) in [7, 11) is 0. The van der Waals surface area contributed by atoms with E-state index in [9.17, 15) is 14.0 Å². The minimum atomic E-state index is -0.593. The van der Waals surface area contributed by atoms with Crippen LogP contribution in [0.5, 0.6) is 0 Å². The van der Waals surface area contributed by atoms with Crippen molar-refractivity contribution >= 4 is 28.8 Å². The molecule has 0 spiro atoms. The van der Waals surface area contributed by atoms with Crippen LogP contribution >= 0.6 is 11.8 Å². The fourth-order valence-corrected chi connectivity index (χ4v) is 4.75. The van der Waals surface area contributed by atoms with Crippen LogP contribution in [-0.4, -0.2) is 33.0 Å². The molecule has 3 heterocycles. The molecule has 1 N–H and O–H groups in total. The molecule has 1 unspecified atom stereocenters. The molecule has 1 amide bonds. The molecule has 0 saturated heterocycles. The topological polar surface area (TPSA) is 83.9 Å². The zero-order valence-electron chi connectivity index (χ0n) is 19.1. The highest BCUT2D eigenvalue weighted by Crippen LogP contribution is 2.44. The average Bonchev–Trinajstić information content (AvgIpc) is 3.19. The van der Waals surface area contributed by atoms with Gasteiger partial charge in [-0.1, -0.05) is 30.0 Å². The van der Waals surface area contributed by atoms with Crippen LogP contribution in [0.3, 0.4) is 0 Å². The number of pyridine rings is 1. The van der Waals surface area contributed by atoms with Gasteiger partial charge in [0.15, 0.2) is 5.17 Å². The zero-order valence-corrected chi connectivity index (χ0v) is 19.9. The minimum absolute atomic E-state index is 0.0854. The van der Waals surface area contributed by atoms with Gasteiger partial charge in [0.05, 0.1) is 42.1 Å². The summed E-state index contributed by atoms with van der Waals surface area (Å²) in [5, 5.41) is 5.39. The number of carbonyl (C=O) groups is 2. The molecule has 1 aromatic heterocycles. The van der Waals surface area contributed by atoms with Crippen molar-refractivity contribution in [3.63, 3.8) is 0 Å². The summed E-state index contributed by atoms with van der Waals surface area (Å²) in [6, 6.07) is 10.9. The van der Waals surface area contributed by atoms with Crippen LogP contribution < -0.4 is 5.32 Å². The quantitative estimate of drug-likeness (QED) is 0.590. The van der Waals surface area contributed by atoms with Gasteiger partial charge in [0.25, 0.3) is 0 Å². The standard InChI is InChI=1S/C25H25FN4O3S/c1-15(2)33-24(32)22-16(3)29-25-30(23(22)17-7-9-18(26)10-8-17)20(14-34-25)12-21(31)28-13-19-6-4-5-11-27-19/h4-11,14-15,23H,12-13H2,1-3H3,(H,28,31). The summed E-state index contributed by atoms with van der Waals surface area (Å²) in [6.07, 6.45) is 1.45. The first-order valence-electron chi connectivity index (χ1n) is 10.9. The fraction of sp³-hybridized carbons (Fsp3) is 0.280. The molecule has 9 heteroatoms. The number of hydrogen-bond donors (Lipinski definition) is 1. The van der Waals surface area contributed by atoms with E-state index in [4.69, 9.17) is 4.74 Å². The fourth-order valence-electron chi connectivity index (χ4n) is 3.79. The number of carbonyl (C=O) groups excluding carboxylic acids is 2. The van der Waals surface area contributed by atoms with Gasteiger partial charge < -0.3 is 15.0 Å². The van der Waals surface area contributed by atoms with Gasteiger partial charge in [0.1, 0.15) is 5.82 Å². The lowest BCUT2D eigenvalue weighted by atomic mass is 9.93. The Morgan fingerprint density at radius 1 is 1.21 bits per heavy atom. The van der Waals surface area contributed by atoms with Crippen LogP contribution in [0.15, 0.2) is 76.0 Å². The summed E-state index contributed by atoms with van der Waals surface area (Å²) in [5.41, 5.74) is 3.05. The monoisotopic (exact) mass is 480 g/mol. The first kappa shape index (κ1) is 23.7. The van der Waals surface area contributed by atoms with E-state index in [2.05, 4.69) is 15.3 Å². The summed E-state index contributed by atoms with van der Waals surface area (Å²) in [5.74, 6) is -1.05. The second-order valence-corrected chi connectivity index (χ2v) is 9.01. The van der Waals surface area contributed by atoms with E-state index in [1.54, 1.807) is 39.1 Å². The van der Waals surface area contributed by atoms with Crippen molar-refractivity contribution < 1.29 is 18.7 Å². The number of halogens is 1. The van der Waals surface area contributed by atoms with Crippen molar-refractivity contribution in [2.75, 3.05) is 0 Å². The Hall–Kier alpha value is -3.46. The molecular weight excluding hydrogens is 455 g/mol. The molecule has 0 radical (unpaired) electrons. The smallest absolute Gasteiger partial charge is 0.338 e. The van der Waals surface area contributed by atoms with Crippen molar-refractivity contribution in [1.29, 1.82) is 0 Å². The summed E-state index contributed by atoms with van der Waals surface area (Å²) < 4.78 is 19.2. The highest BCUT2D eigenvalue weighted by atomic mass is 32.2. The largest absolute Gasteiger partial charge is 0.459 e. The van der Waals surface area contributed by atoms with E-state index in [1.807, 2.05) is 28.5 Å². The predicted molar refractivity (Wildman–Crippen MR) is 129 cm³/mol. The Morgan fingerprint density at radius 3 is 2.65 bits per heavy atom. The van der Waals surface area contributed by atoms with Crippen LogP contribution in [0.25, 0.3) is 0 Å². The summed E-state index contributed by atoms with van der Waals surface area (Å²) >= 11 is 1.39. The zero-order chi connectivity index (χ0) is 24.2. The number of fused-ring (bicyclic) bond motifs is 1. The van der Waals surface area contributed by atoms with E-state index in [0.29, 0.717) is 34.2 Å². The van der Waals surface area contributed by atoms with Gasteiger partial charge in [-0.05, 0) is 56.0 Å². The van der Waals surface area contributed by atoms with Crippen LogP contribution in [0.1, 0.15) is 44.5 Å². The lowest BCUT2D eigenvalue weighted by molar-refractivity contribution is -0.143. The van der Waals surface area contributed by atoms with Crippen LogP contribution in [-0.2, 0) is 20.9 Å². The van der Waals surface area contributed by atoms with Crippen molar-refractivity contribution in [1.82, 2.24) is 15.2 Å². The maximum atomic E-state index is 13.7. The lowest BCUT2D eigenvalue weighted by Gasteiger charge is -2.36. The second-order valence-electron chi connectivity index (χ2n) is 8.17. The third-order valence-electron chi connectivity index (χ3n) is 5.28. The molecule has 2 aromatic rings. The molecule has 0 aliphatic carbocycles. The molecule has 2 aliphatic rings. The molecule has 1 atom stereocenters. The maximum Gasteiger partial charge on any atom is 0.338 e. The van der Waals surface area contributed by atoms with E-state index in [0.717, 1.165) is 5.69 Å². The van der Waals surface area contributed by atoms with Crippen molar-refractivity contribution in [3.05, 3.63) is 88.1 Å². The van der Waals surface area contributed by atoms with Gasteiger partial charge in [-0.15, -0.1) is 0 Å². The van der Waals surface area contributed by atoms with Crippen LogP contribution in [0.4, 0.5) is 4.39 Å². The Labute approximate surface area is 201 Å². The Kier molecular flexibility index (Phi) is 7.12. The molecule has 7 nitrogen and oxygen atoms in total. The number of ether oxygens (including phenoxy) is 1. The van der Waals surface area contributed by atoms with Gasteiger partial charge in [-0.3, -0.25) is 9.78 Å². The van der Waals surface area contributed by atoms with E-state index in [-0.39, 0.29) is 24.2 Å². The number of aromatic nitrogens is 1. The Bertz CT molecular complexity index is 1180. The van der Waals surface area contributed by atoms with Crippen molar-refractivity contribution in [2.45, 2.75) is 45.9 Å². The van der Waals surface area contributed by atoms with Gasteiger partial charge in [-0.2, -0.15) is 0 Å². The lowest BCUT2D eigenvalue weighted by Crippen LogP contribution is -2.38. The van der Waals surface area contributed by atoms with Gasteiger partial charge in [0, 0.05) is 11.9 Å². The molecule has 4 rings (SSSR count). The number of allylic oxidation sites excluding steroid dienone is 1. The third-order valence-corrected chi connectivity index (χ3v) is 6.17. The number of benzene rings is 1. The molecule has 176 valence electrons. The number of amidine groups is 1. The Morgan fingerprint density at radius 2 is 1.97 bits per heavy atom. The first-order chi connectivity index (χ1) is 16.3. The van der Waals surface area contributed by atoms with Gasteiger partial charge >= 0.3 is 5.97 Å². The SMILES string of the molecule is CC1=C(C(=O)OC(C)C)C(c2ccc(F)cc2)N2C(CC(=O)NCc3ccccn3)=CSC2=N1. The summed E-state index contributed by atoms with van der Waals surface area (Å²) in [6.45, 7) is 5.63. The van der Waals surface area contributed by atoms with Crippen LogP contribution in [0.2, 0.25) is 0 Å². The normalized spacial score (nSPS) is 17.3. The minimum Gasteiger partial charge on any atom is -0.459 e. The predicted octanol–water partition coefficient (Wildman–Crippen LogP) is 4.45. The number of amides is 1. The molecule has 0 bridgehead atoms. The number of esters is 1. The van der Waals surface area contributed by atoms with E-state index in [1.165, 1.54) is 23.9 Å². The molecule has 0 saturated carbocycles. The van der Waals surface area contributed by atoms with Crippen LogP contribution in [0, 0.1) is 5.82 Å². The third kappa shape index (κ3) is 5.20. The Balaban J connectivity index is 1.61. The van der Waals surface area contributed by atoms with Gasteiger partial charge in [0.2, 0.25) is 5.91 Å². The molecule has 1 aromatic carbocycles. The highest BCUT2D eigenvalue weighted by Gasteiger charge is 2.41. The van der Waals surface area contributed by atoms with E-state index < -0.39 is 12.0 Å². The molecule has 2 aliphatic heterocycles. The average molecular weight is 481 g/mol. The van der Waals surface area contributed by atoms with Crippen molar-refractivity contribution in [3.8, 4) is 0 Å². The first-order valence-corrected chi connectivity index (χ1v) is 11.8. The molecule has 34 heavy (non-hydrogen) atoms. The molecule has 0 fully saturated rings. The summed E-state index contributed by atoms with van der Waals surface area (Å²) in [4.78, 5) is 36.5. The number of thioether (sulfide) groups is 1. The highest BCUT2D eigenvalue weighted by molar-refractivity contribution is 8.16. The maximum absolute atomic E-state index is 13.7. The van der Waals surface area contributed by atoms with Gasteiger partial charge in [-0.25, -0.2) is 14.2 Å². The second kappa shape index (κ2) is 10.2. The number of rotatable bonds is 7. The van der Waals surface area contributed by atoms with Crippen molar-refractivity contribution in [2.24, 2.45) is 4.99 Å². The number of aliphatic imine (C=N–C) groups is 1. The molecular formula is C25H25FN4O3S.